The van der Waals surface area contributed by atoms with Crippen molar-refractivity contribution >= 4 is 5.91 Å². The van der Waals surface area contributed by atoms with Gasteiger partial charge in [-0.3, -0.25) is 4.79 Å². The average molecular weight is 304 g/mol. The first-order chi connectivity index (χ1) is 9.78. The van der Waals surface area contributed by atoms with Crippen molar-refractivity contribution < 1.29 is 22.7 Å². The summed E-state index contributed by atoms with van der Waals surface area (Å²) in [6.45, 7) is 2.61. The van der Waals surface area contributed by atoms with Gasteiger partial charge >= 0.3 is 6.36 Å². The van der Waals surface area contributed by atoms with Crippen LogP contribution in [0, 0.1) is 0 Å². The highest BCUT2D eigenvalue weighted by Crippen LogP contribution is 2.24. The molecule has 0 aromatic heterocycles. The minimum atomic E-state index is -4.67. The lowest BCUT2D eigenvalue weighted by molar-refractivity contribution is -0.274. The molecule has 0 fully saturated rings. The molecule has 0 heterocycles. The molecule has 0 spiro atoms. The minimum absolute atomic E-state index is 0.00138. The van der Waals surface area contributed by atoms with E-state index in [-0.39, 0.29) is 17.7 Å². The van der Waals surface area contributed by atoms with Crippen LogP contribution in [0.15, 0.2) is 24.3 Å². The fraction of sp³-hybridized carbons (Fsp3) is 0.500. The molecule has 1 unspecified atom stereocenters. The molecule has 0 saturated carbocycles. The summed E-state index contributed by atoms with van der Waals surface area (Å²) in [6, 6.07) is 5.74. The first-order valence-electron chi connectivity index (χ1n) is 6.65. The second-order valence-corrected chi connectivity index (χ2v) is 4.72. The highest BCUT2D eigenvalue weighted by Gasteiger charge is 2.30. The summed E-state index contributed by atoms with van der Waals surface area (Å²) < 4.78 is 39.9. The number of amides is 1. The maximum Gasteiger partial charge on any atom is 0.573 e. The van der Waals surface area contributed by atoms with E-state index in [9.17, 15) is 18.0 Å². The zero-order valence-corrected chi connectivity index (χ0v) is 11.7. The fourth-order valence-corrected chi connectivity index (χ4v) is 1.82. The zero-order valence-electron chi connectivity index (χ0n) is 11.7. The fourth-order valence-electron chi connectivity index (χ4n) is 1.82. The maximum atomic E-state index is 12.0. The molecule has 0 aliphatic carbocycles. The third-order valence-electron chi connectivity index (χ3n) is 2.91. The van der Waals surface area contributed by atoms with Gasteiger partial charge in [0.25, 0.3) is 0 Å². The lowest BCUT2D eigenvalue weighted by Gasteiger charge is -2.15. The Bertz CT molecular complexity index is 447. The summed E-state index contributed by atoms with van der Waals surface area (Å²) in [7, 11) is 0. The Kier molecular flexibility index (Phi) is 6.48. The van der Waals surface area contributed by atoms with Crippen LogP contribution in [0.25, 0.3) is 0 Å². The Morgan fingerprint density at radius 3 is 2.43 bits per heavy atom. The van der Waals surface area contributed by atoms with E-state index in [0.717, 1.165) is 12.0 Å². The molecule has 3 N–H and O–H groups in total. The van der Waals surface area contributed by atoms with Gasteiger partial charge in [-0.05, 0) is 44.0 Å². The molecule has 118 valence electrons. The van der Waals surface area contributed by atoms with Crippen LogP contribution in [0.3, 0.4) is 0 Å². The van der Waals surface area contributed by atoms with Crippen molar-refractivity contribution in [2.45, 2.75) is 38.6 Å². The van der Waals surface area contributed by atoms with Gasteiger partial charge in [0.15, 0.2) is 0 Å². The molecule has 1 aromatic rings. The molecule has 0 aliphatic rings. The number of unbranched alkanes of at least 4 members (excludes halogenated alkanes) is 1. The van der Waals surface area contributed by atoms with E-state index in [4.69, 9.17) is 5.73 Å². The molecule has 7 heteroatoms. The van der Waals surface area contributed by atoms with Crippen LogP contribution in [-0.4, -0.2) is 18.8 Å². The van der Waals surface area contributed by atoms with E-state index in [1.54, 1.807) is 12.1 Å². The normalized spacial score (nSPS) is 13.0. The monoisotopic (exact) mass is 304 g/mol. The van der Waals surface area contributed by atoms with Crippen molar-refractivity contribution in [1.82, 2.24) is 5.32 Å². The predicted octanol–water partition coefficient (Wildman–Crippen LogP) is 2.89. The number of hydrogen-bond donors (Lipinski definition) is 2. The van der Waals surface area contributed by atoms with E-state index >= 15 is 0 Å². The smallest absolute Gasteiger partial charge is 0.406 e. The van der Waals surface area contributed by atoms with E-state index in [1.807, 2.05) is 6.92 Å². The molecule has 1 aromatic carbocycles. The van der Waals surface area contributed by atoms with Crippen molar-refractivity contribution in [2.75, 3.05) is 6.54 Å². The Labute approximate surface area is 121 Å². The van der Waals surface area contributed by atoms with Crippen LogP contribution in [0.4, 0.5) is 13.2 Å². The molecule has 1 rings (SSSR count). The van der Waals surface area contributed by atoms with E-state index in [1.165, 1.54) is 12.1 Å². The highest BCUT2D eigenvalue weighted by molar-refractivity contribution is 5.73. The van der Waals surface area contributed by atoms with Gasteiger partial charge in [-0.1, -0.05) is 12.1 Å². The Balaban J connectivity index is 2.37. The number of carbonyl (C=O) groups is 1. The molecular weight excluding hydrogens is 285 g/mol. The number of ether oxygens (including phenoxy) is 1. The van der Waals surface area contributed by atoms with Crippen molar-refractivity contribution in [3.63, 3.8) is 0 Å². The molecular formula is C14H19F3N2O2. The Morgan fingerprint density at radius 2 is 1.90 bits per heavy atom. The maximum absolute atomic E-state index is 12.0. The number of nitrogens with one attached hydrogen (secondary N) is 1. The SMILES string of the molecule is CC(NCCCCC(N)=O)c1ccc(OC(F)(F)F)cc1. The molecule has 21 heavy (non-hydrogen) atoms. The zero-order chi connectivity index (χ0) is 15.9. The number of rotatable bonds is 8. The summed E-state index contributed by atoms with van der Waals surface area (Å²) in [5.74, 6) is -0.553. The number of benzene rings is 1. The van der Waals surface area contributed by atoms with Gasteiger partial charge in [0.05, 0.1) is 0 Å². The second-order valence-electron chi connectivity index (χ2n) is 4.72. The van der Waals surface area contributed by atoms with Crippen LogP contribution < -0.4 is 15.8 Å². The van der Waals surface area contributed by atoms with E-state index in [0.29, 0.717) is 19.4 Å². The van der Waals surface area contributed by atoms with Gasteiger partial charge < -0.3 is 15.8 Å². The van der Waals surface area contributed by atoms with E-state index in [2.05, 4.69) is 10.1 Å². The lowest BCUT2D eigenvalue weighted by atomic mass is 10.1. The van der Waals surface area contributed by atoms with Crippen molar-refractivity contribution in [1.29, 1.82) is 0 Å². The molecule has 0 radical (unpaired) electrons. The second kappa shape index (κ2) is 7.87. The first-order valence-corrected chi connectivity index (χ1v) is 6.65. The molecule has 0 aliphatic heterocycles. The quantitative estimate of drug-likeness (QED) is 0.726. The third-order valence-corrected chi connectivity index (χ3v) is 2.91. The van der Waals surface area contributed by atoms with Crippen LogP contribution in [0.2, 0.25) is 0 Å². The molecule has 0 bridgehead atoms. The van der Waals surface area contributed by atoms with Crippen LogP contribution in [0.5, 0.6) is 5.75 Å². The third kappa shape index (κ3) is 7.55. The van der Waals surface area contributed by atoms with Crippen molar-refractivity contribution in [3.05, 3.63) is 29.8 Å². The number of primary amides is 1. The molecule has 1 amide bonds. The van der Waals surface area contributed by atoms with Crippen molar-refractivity contribution in [2.24, 2.45) is 5.73 Å². The number of nitrogens with two attached hydrogens (primary N) is 1. The van der Waals surface area contributed by atoms with Gasteiger partial charge in [-0.2, -0.15) is 0 Å². The Morgan fingerprint density at radius 1 is 1.29 bits per heavy atom. The van der Waals surface area contributed by atoms with Gasteiger partial charge in [-0.25, -0.2) is 0 Å². The minimum Gasteiger partial charge on any atom is -0.406 e. The van der Waals surface area contributed by atoms with Crippen LogP contribution in [0.1, 0.15) is 37.8 Å². The van der Waals surface area contributed by atoms with Gasteiger partial charge in [0, 0.05) is 12.5 Å². The molecule has 1 atom stereocenters. The summed E-state index contributed by atoms with van der Waals surface area (Å²) >= 11 is 0. The highest BCUT2D eigenvalue weighted by atomic mass is 19.4. The van der Waals surface area contributed by atoms with Crippen LogP contribution in [-0.2, 0) is 4.79 Å². The van der Waals surface area contributed by atoms with E-state index < -0.39 is 6.36 Å². The van der Waals surface area contributed by atoms with Gasteiger partial charge in [-0.15, -0.1) is 13.2 Å². The number of alkyl halides is 3. The first kappa shape index (κ1) is 17.3. The number of carbonyl (C=O) groups excluding carboxylic acids is 1. The molecule has 4 nitrogen and oxygen atoms in total. The Hall–Kier alpha value is -1.76. The lowest BCUT2D eigenvalue weighted by Crippen LogP contribution is -2.20. The summed E-state index contributed by atoms with van der Waals surface area (Å²) in [5, 5.41) is 3.23. The molecule has 0 saturated heterocycles. The number of halogens is 3. The van der Waals surface area contributed by atoms with Crippen molar-refractivity contribution in [3.8, 4) is 5.75 Å². The summed E-state index contributed by atoms with van der Waals surface area (Å²) in [5.41, 5.74) is 5.89. The van der Waals surface area contributed by atoms with Gasteiger partial charge in [0.2, 0.25) is 5.91 Å². The van der Waals surface area contributed by atoms with Gasteiger partial charge in [0.1, 0.15) is 5.75 Å². The average Bonchev–Trinajstić information content (AvgIpc) is 2.36. The standard InChI is InChI=1S/C14H19F3N2O2/c1-10(19-9-3-2-4-13(18)20)11-5-7-12(8-6-11)21-14(15,16)17/h5-8,10,19H,2-4,9H2,1H3,(H2,18,20). The topological polar surface area (TPSA) is 64.3 Å². The summed E-state index contributed by atoms with van der Waals surface area (Å²) in [6.07, 6.45) is -2.79. The predicted molar refractivity (Wildman–Crippen MR) is 72.6 cm³/mol. The summed E-state index contributed by atoms with van der Waals surface area (Å²) in [4.78, 5) is 10.6. The van der Waals surface area contributed by atoms with Crippen LogP contribution >= 0.6 is 0 Å². The largest absolute Gasteiger partial charge is 0.573 e. The number of hydrogen-bond acceptors (Lipinski definition) is 3.